The Morgan fingerprint density at radius 1 is 1.44 bits per heavy atom. The Hall–Kier alpha value is -1.43. The number of aliphatic carboxylic acids is 1. The van der Waals surface area contributed by atoms with E-state index in [1.807, 2.05) is 17.5 Å². The number of carboxylic acids is 1. The fourth-order valence-electron chi connectivity index (χ4n) is 1.44. The van der Waals surface area contributed by atoms with Gasteiger partial charge in [0, 0.05) is 22.4 Å². The van der Waals surface area contributed by atoms with Crippen molar-refractivity contribution in [3.63, 3.8) is 0 Å². The highest BCUT2D eigenvalue weighted by Crippen LogP contribution is 2.25. The Morgan fingerprint density at radius 2 is 2.11 bits per heavy atom. The number of thiazole rings is 1. The Labute approximate surface area is 113 Å². The van der Waals surface area contributed by atoms with Crippen LogP contribution in [0, 0.1) is 0 Å². The van der Waals surface area contributed by atoms with Gasteiger partial charge in [0.15, 0.2) is 0 Å². The highest BCUT2D eigenvalue weighted by atomic mass is 35.5. The number of benzene rings is 1. The summed E-state index contributed by atoms with van der Waals surface area (Å²) in [7, 11) is 0. The van der Waals surface area contributed by atoms with Crippen LogP contribution in [0.25, 0.3) is 10.6 Å². The number of carboxylic acid groups (broad SMARTS) is 1. The van der Waals surface area contributed by atoms with Crippen LogP contribution in [0.2, 0.25) is 5.02 Å². The van der Waals surface area contributed by atoms with Gasteiger partial charge < -0.3 is 10.8 Å². The number of carbonyl (C=O) groups is 1. The van der Waals surface area contributed by atoms with Crippen molar-refractivity contribution in [1.29, 1.82) is 0 Å². The zero-order valence-electron chi connectivity index (χ0n) is 9.34. The van der Waals surface area contributed by atoms with Crippen LogP contribution in [0.15, 0.2) is 29.6 Å². The van der Waals surface area contributed by atoms with Gasteiger partial charge in [-0.15, -0.1) is 11.3 Å². The number of nitrogens with two attached hydrogens (primary N) is 1. The van der Waals surface area contributed by atoms with Gasteiger partial charge in [0.05, 0.1) is 5.69 Å². The molecule has 0 saturated heterocycles. The first-order valence-corrected chi connectivity index (χ1v) is 6.51. The lowest BCUT2D eigenvalue weighted by atomic mass is 10.2. The maximum atomic E-state index is 10.7. The van der Waals surface area contributed by atoms with Gasteiger partial charge in [-0.05, 0) is 12.1 Å². The second kappa shape index (κ2) is 5.48. The SMILES string of the molecule is N[C@@H](Cc1csc(-c2ccc(Cl)cc2)n1)C(=O)O. The average Bonchev–Trinajstić information content (AvgIpc) is 2.78. The van der Waals surface area contributed by atoms with E-state index in [1.165, 1.54) is 11.3 Å². The topological polar surface area (TPSA) is 76.2 Å². The molecule has 6 heteroatoms. The fraction of sp³-hybridized carbons (Fsp3) is 0.167. The summed E-state index contributed by atoms with van der Waals surface area (Å²) in [6, 6.07) is 6.43. The lowest BCUT2D eigenvalue weighted by Crippen LogP contribution is -2.32. The van der Waals surface area contributed by atoms with Crippen molar-refractivity contribution < 1.29 is 9.90 Å². The Morgan fingerprint density at radius 3 is 2.72 bits per heavy atom. The number of rotatable bonds is 4. The molecule has 0 saturated carbocycles. The summed E-state index contributed by atoms with van der Waals surface area (Å²) >= 11 is 7.27. The van der Waals surface area contributed by atoms with Gasteiger partial charge in [-0.3, -0.25) is 4.79 Å². The van der Waals surface area contributed by atoms with Gasteiger partial charge in [-0.25, -0.2) is 4.98 Å². The van der Waals surface area contributed by atoms with Gasteiger partial charge in [0.25, 0.3) is 0 Å². The number of aromatic nitrogens is 1. The van der Waals surface area contributed by atoms with Crippen molar-refractivity contribution in [3.05, 3.63) is 40.4 Å². The number of halogens is 1. The second-order valence-corrected chi connectivity index (χ2v) is 5.09. The first-order valence-electron chi connectivity index (χ1n) is 5.25. The molecule has 0 radical (unpaired) electrons. The van der Waals surface area contributed by atoms with Crippen LogP contribution in [0.1, 0.15) is 5.69 Å². The molecule has 0 aliphatic carbocycles. The predicted octanol–water partition coefficient (Wildman–Crippen LogP) is 2.42. The van der Waals surface area contributed by atoms with E-state index >= 15 is 0 Å². The third kappa shape index (κ3) is 3.07. The maximum Gasteiger partial charge on any atom is 0.320 e. The van der Waals surface area contributed by atoms with Crippen LogP contribution in [0.5, 0.6) is 0 Å². The molecule has 4 nitrogen and oxygen atoms in total. The van der Waals surface area contributed by atoms with Gasteiger partial charge in [-0.2, -0.15) is 0 Å². The number of hydrogen-bond donors (Lipinski definition) is 2. The minimum Gasteiger partial charge on any atom is -0.480 e. The maximum absolute atomic E-state index is 10.7. The van der Waals surface area contributed by atoms with Gasteiger partial charge in [0.2, 0.25) is 0 Å². The molecule has 1 aromatic heterocycles. The third-order valence-corrected chi connectivity index (χ3v) is 3.58. The van der Waals surface area contributed by atoms with Crippen molar-refractivity contribution in [1.82, 2.24) is 4.98 Å². The minimum absolute atomic E-state index is 0.236. The summed E-state index contributed by atoms with van der Waals surface area (Å²) in [5, 5.41) is 12.1. The summed E-state index contributed by atoms with van der Waals surface area (Å²) in [4.78, 5) is 15.0. The van der Waals surface area contributed by atoms with Crippen molar-refractivity contribution >= 4 is 28.9 Å². The summed E-state index contributed by atoms with van der Waals surface area (Å²) in [5.41, 5.74) is 7.12. The Balaban J connectivity index is 2.15. The van der Waals surface area contributed by atoms with Gasteiger partial charge in [-0.1, -0.05) is 23.7 Å². The summed E-state index contributed by atoms with van der Waals surface area (Å²) < 4.78 is 0. The standard InChI is InChI=1S/C12H11ClN2O2S/c13-8-3-1-7(2-4-8)11-15-9(6-18-11)5-10(14)12(16)17/h1-4,6,10H,5,14H2,(H,16,17)/t10-/m0/s1. The van der Waals surface area contributed by atoms with Crippen LogP contribution < -0.4 is 5.73 Å². The van der Waals surface area contributed by atoms with Gasteiger partial charge in [0.1, 0.15) is 11.0 Å². The van der Waals surface area contributed by atoms with E-state index in [0.717, 1.165) is 10.6 Å². The van der Waals surface area contributed by atoms with Gasteiger partial charge >= 0.3 is 5.97 Å². The van der Waals surface area contributed by atoms with Crippen LogP contribution in [0.3, 0.4) is 0 Å². The third-order valence-electron chi connectivity index (χ3n) is 2.39. The van der Waals surface area contributed by atoms with Crippen LogP contribution in [-0.2, 0) is 11.2 Å². The summed E-state index contributed by atoms with van der Waals surface area (Å²) in [5.74, 6) is -1.02. The molecule has 3 N–H and O–H groups in total. The highest BCUT2D eigenvalue weighted by Gasteiger charge is 2.14. The molecule has 94 valence electrons. The smallest absolute Gasteiger partial charge is 0.320 e. The number of hydrogen-bond acceptors (Lipinski definition) is 4. The first-order chi connectivity index (χ1) is 8.56. The van der Waals surface area contributed by atoms with E-state index in [0.29, 0.717) is 10.7 Å². The molecule has 0 bridgehead atoms. The minimum atomic E-state index is -1.02. The van der Waals surface area contributed by atoms with Crippen molar-refractivity contribution in [2.45, 2.75) is 12.5 Å². The average molecular weight is 283 g/mol. The zero-order valence-corrected chi connectivity index (χ0v) is 10.9. The molecule has 0 spiro atoms. The molecule has 0 amide bonds. The van der Waals surface area contributed by atoms with E-state index in [-0.39, 0.29) is 6.42 Å². The normalized spacial score (nSPS) is 12.3. The summed E-state index contributed by atoms with van der Waals surface area (Å²) in [6.45, 7) is 0. The Kier molecular flexibility index (Phi) is 3.96. The predicted molar refractivity (Wildman–Crippen MR) is 71.9 cm³/mol. The summed E-state index contributed by atoms with van der Waals surface area (Å²) in [6.07, 6.45) is 0.236. The molecule has 1 atom stereocenters. The zero-order chi connectivity index (χ0) is 13.1. The molecule has 1 heterocycles. The van der Waals surface area contributed by atoms with Crippen molar-refractivity contribution in [2.75, 3.05) is 0 Å². The molecular formula is C12H11ClN2O2S. The first kappa shape index (κ1) is 13.0. The molecule has 2 aromatic rings. The molecule has 1 aromatic carbocycles. The van der Waals surface area contributed by atoms with E-state index in [1.54, 1.807) is 12.1 Å². The second-order valence-electron chi connectivity index (χ2n) is 3.80. The molecule has 0 aliphatic heterocycles. The number of nitrogens with zero attached hydrogens (tertiary/aromatic N) is 1. The molecular weight excluding hydrogens is 272 g/mol. The lowest BCUT2D eigenvalue weighted by molar-refractivity contribution is -0.138. The van der Waals surface area contributed by atoms with E-state index < -0.39 is 12.0 Å². The van der Waals surface area contributed by atoms with E-state index in [9.17, 15) is 4.79 Å². The van der Waals surface area contributed by atoms with Crippen molar-refractivity contribution in [3.8, 4) is 10.6 Å². The Bertz CT molecular complexity index is 553. The lowest BCUT2D eigenvalue weighted by Gasteiger charge is -2.02. The highest BCUT2D eigenvalue weighted by molar-refractivity contribution is 7.13. The monoisotopic (exact) mass is 282 g/mol. The molecule has 0 fully saturated rings. The van der Waals surface area contributed by atoms with Crippen molar-refractivity contribution in [2.24, 2.45) is 5.73 Å². The van der Waals surface area contributed by atoms with Crippen LogP contribution in [0.4, 0.5) is 0 Å². The molecule has 0 aliphatic rings. The molecule has 0 unspecified atom stereocenters. The molecule has 18 heavy (non-hydrogen) atoms. The quantitative estimate of drug-likeness (QED) is 0.903. The van der Waals surface area contributed by atoms with Crippen LogP contribution >= 0.6 is 22.9 Å². The molecule has 2 rings (SSSR count). The van der Waals surface area contributed by atoms with E-state index in [2.05, 4.69) is 4.98 Å². The largest absolute Gasteiger partial charge is 0.480 e. The fourth-order valence-corrected chi connectivity index (χ4v) is 2.40. The van der Waals surface area contributed by atoms with Crippen LogP contribution in [-0.4, -0.2) is 22.1 Å². The van der Waals surface area contributed by atoms with E-state index in [4.69, 9.17) is 22.4 Å².